The number of aliphatic hydroxyl groups excluding tert-OH is 1. The van der Waals surface area contributed by atoms with Gasteiger partial charge in [-0.3, -0.25) is 0 Å². The van der Waals surface area contributed by atoms with Gasteiger partial charge in [0, 0.05) is 0 Å². The van der Waals surface area contributed by atoms with Crippen LogP contribution < -0.4 is 10.1 Å². The van der Waals surface area contributed by atoms with Gasteiger partial charge in [-0.25, -0.2) is 0 Å². The highest BCUT2D eigenvalue weighted by atomic mass is 16.5. The van der Waals surface area contributed by atoms with Gasteiger partial charge in [-0.2, -0.15) is 0 Å². The quantitative estimate of drug-likeness (QED) is 0.568. The first kappa shape index (κ1) is 9.30. The van der Waals surface area contributed by atoms with Crippen molar-refractivity contribution in [2.45, 2.75) is 12.6 Å². The number of phenols is 1. The maximum absolute atomic E-state index is 9.80. The van der Waals surface area contributed by atoms with Crippen molar-refractivity contribution < 1.29 is 20.3 Å². The molecule has 1 heterocycles. The Kier molecular flexibility index (Phi) is 2.31. The van der Waals surface area contributed by atoms with Crippen LogP contribution >= 0.6 is 0 Å². The lowest BCUT2D eigenvalue weighted by Crippen LogP contribution is -2.85. The van der Waals surface area contributed by atoms with E-state index in [0.29, 0.717) is 18.8 Å². The molecule has 76 valence electrons. The summed E-state index contributed by atoms with van der Waals surface area (Å²) in [5.41, 5.74) is 1.59. The number of fused-ring (bicyclic) bond motifs is 1. The van der Waals surface area contributed by atoms with Crippen LogP contribution in [-0.2, 0) is 6.54 Å². The third-order valence-electron chi connectivity index (χ3n) is 2.60. The number of aromatic hydroxyl groups is 1. The number of nitrogens with two attached hydrogens (primary N) is 1. The number of ether oxygens (including phenoxy) is 1. The van der Waals surface area contributed by atoms with Crippen LogP contribution in [0.1, 0.15) is 17.2 Å². The lowest BCUT2D eigenvalue weighted by molar-refractivity contribution is -0.681. The molecule has 0 aromatic heterocycles. The molecule has 0 radical (unpaired) electrons. The van der Waals surface area contributed by atoms with Gasteiger partial charge in [0.1, 0.15) is 19.2 Å². The van der Waals surface area contributed by atoms with Crippen LogP contribution in [-0.4, -0.2) is 23.9 Å². The van der Waals surface area contributed by atoms with Crippen LogP contribution in [0, 0.1) is 0 Å². The smallest absolute Gasteiger partial charge is 0.167 e. The molecule has 1 aromatic rings. The Labute approximate surface area is 82.1 Å². The Morgan fingerprint density at radius 1 is 1.50 bits per heavy atom. The van der Waals surface area contributed by atoms with Gasteiger partial charge in [-0.15, -0.1) is 0 Å². The minimum absolute atomic E-state index is 0.153. The molecule has 0 bridgehead atoms. The fraction of sp³-hybridized carbons (Fsp3) is 0.400. The molecule has 1 atom stereocenters. The number of methoxy groups -OCH3 is 1. The second kappa shape index (κ2) is 3.48. The molecule has 0 amide bonds. The molecule has 0 aliphatic carbocycles. The van der Waals surface area contributed by atoms with E-state index in [4.69, 9.17) is 4.74 Å². The maximum Gasteiger partial charge on any atom is 0.167 e. The summed E-state index contributed by atoms with van der Waals surface area (Å²) in [6.45, 7) is 1.34. The van der Waals surface area contributed by atoms with E-state index in [9.17, 15) is 10.2 Å². The number of phenolic OH excluding ortho intramolecular Hbond substituents is 1. The summed E-state index contributed by atoms with van der Waals surface area (Å²) < 4.78 is 5.00. The summed E-state index contributed by atoms with van der Waals surface area (Å²) in [7, 11) is 1.52. The Morgan fingerprint density at radius 3 is 3.00 bits per heavy atom. The van der Waals surface area contributed by atoms with Gasteiger partial charge in [0.15, 0.2) is 11.5 Å². The second-order valence-electron chi connectivity index (χ2n) is 3.43. The summed E-state index contributed by atoms with van der Waals surface area (Å²) in [6.07, 6.45) is -0.490. The van der Waals surface area contributed by atoms with Gasteiger partial charge in [0.2, 0.25) is 0 Å². The van der Waals surface area contributed by atoms with Crippen LogP contribution in [0.2, 0.25) is 0 Å². The van der Waals surface area contributed by atoms with E-state index in [0.717, 1.165) is 11.1 Å². The van der Waals surface area contributed by atoms with Crippen LogP contribution in [0.3, 0.4) is 0 Å². The highest BCUT2D eigenvalue weighted by molar-refractivity contribution is 5.50. The first-order valence-corrected chi connectivity index (χ1v) is 4.62. The second-order valence-corrected chi connectivity index (χ2v) is 3.43. The van der Waals surface area contributed by atoms with Gasteiger partial charge in [-0.1, -0.05) is 6.07 Å². The van der Waals surface area contributed by atoms with Crippen molar-refractivity contribution in [1.82, 2.24) is 0 Å². The van der Waals surface area contributed by atoms with E-state index in [-0.39, 0.29) is 5.75 Å². The van der Waals surface area contributed by atoms with E-state index in [1.54, 1.807) is 6.07 Å². The predicted molar refractivity (Wildman–Crippen MR) is 50.1 cm³/mol. The van der Waals surface area contributed by atoms with Crippen LogP contribution in [0.15, 0.2) is 12.1 Å². The third-order valence-corrected chi connectivity index (χ3v) is 2.60. The van der Waals surface area contributed by atoms with Gasteiger partial charge in [0.05, 0.1) is 12.7 Å². The van der Waals surface area contributed by atoms with Crippen molar-refractivity contribution in [3.63, 3.8) is 0 Å². The Balaban J connectivity index is 2.52. The summed E-state index contributed by atoms with van der Waals surface area (Å²) >= 11 is 0. The number of hydrogen-bond donors (Lipinski definition) is 3. The molecule has 1 aromatic carbocycles. The predicted octanol–water partition coefficient (Wildman–Crippen LogP) is -0.489. The lowest BCUT2D eigenvalue weighted by Gasteiger charge is -2.21. The fourth-order valence-corrected chi connectivity index (χ4v) is 1.83. The van der Waals surface area contributed by atoms with Crippen molar-refractivity contribution in [3.05, 3.63) is 23.3 Å². The lowest BCUT2D eigenvalue weighted by atomic mass is 9.97. The zero-order valence-corrected chi connectivity index (χ0v) is 8.03. The Hall–Kier alpha value is -1.26. The average Bonchev–Trinajstić information content (AvgIpc) is 2.20. The third kappa shape index (κ3) is 1.32. The molecule has 1 aliphatic heterocycles. The molecule has 14 heavy (non-hydrogen) atoms. The zero-order chi connectivity index (χ0) is 10.1. The minimum Gasteiger partial charge on any atom is -0.504 e. The first-order chi connectivity index (χ1) is 6.74. The van der Waals surface area contributed by atoms with Gasteiger partial charge < -0.3 is 20.3 Å². The van der Waals surface area contributed by atoms with E-state index >= 15 is 0 Å². The average molecular weight is 196 g/mol. The van der Waals surface area contributed by atoms with E-state index in [2.05, 4.69) is 0 Å². The van der Waals surface area contributed by atoms with Crippen molar-refractivity contribution in [2.24, 2.45) is 0 Å². The Morgan fingerprint density at radius 2 is 2.29 bits per heavy atom. The minimum atomic E-state index is -0.490. The van der Waals surface area contributed by atoms with Crippen LogP contribution in [0.4, 0.5) is 0 Å². The maximum atomic E-state index is 9.80. The SMILES string of the molecule is COc1ccc2c(c1O)C[NH2+]C[C@@H]2O. The molecular weight excluding hydrogens is 182 g/mol. The molecule has 4 heteroatoms. The highest BCUT2D eigenvalue weighted by Crippen LogP contribution is 2.35. The topological polar surface area (TPSA) is 66.3 Å². The molecule has 0 unspecified atom stereocenters. The number of benzene rings is 1. The van der Waals surface area contributed by atoms with E-state index in [1.807, 2.05) is 11.4 Å². The van der Waals surface area contributed by atoms with Crippen molar-refractivity contribution in [2.75, 3.05) is 13.7 Å². The molecule has 1 aliphatic rings. The summed E-state index contributed by atoms with van der Waals surface area (Å²) in [6, 6.07) is 3.49. The standard InChI is InChI=1S/C10H13NO3/c1-14-9-3-2-6-7(10(9)13)4-11-5-8(6)12/h2-3,8,11-13H,4-5H2,1H3/p+1/t8-/m0/s1. The number of hydrogen-bond acceptors (Lipinski definition) is 3. The normalized spacial score (nSPS) is 20.3. The van der Waals surface area contributed by atoms with Gasteiger partial charge >= 0.3 is 0 Å². The first-order valence-electron chi connectivity index (χ1n) is 4.62. The van der Waals surface area contributed by atoms with E-state index in [1.165, 1.54) is 7.11 Å². The number of aliphatic hydroxyl groups is 1. The number of rotatable bonds is 1. The largest absolute Gasteiger partial charge is 0.504 e. The molecule has 2 rings (SSSR count). The van der Waals surface area contributed by atoms with Crippen LogP contribution in [0.5, 0.6) is 11.5 Å². The van der Waals surface area contributed by atoms with Crippen molar-refractivity contribution >= 4 is 0 Å². The molecule has 0 saturated heterocycles. The molecule has 0 fully saturated rings. The fourth-order valence-electron chi connectivity index (χ4n) is 1.83. The van der Waals surface area contributed by atoms with Crippen molar-refractivity contribution in [3.8, 4) is 11.5 Å². The molecular formula is C10H14NO3+. The molecule has 0 saturated carbocycles. The van der Waals surface area contributed by atoms with Gasteiger partial charge in [-0.05, 0) is 11.6 Å². The summed E-state index contributed by atoms with van der Waals surface area (Å²) in [4.78, 5) is 0. The van der Waals surface area contributed by atoms with E-state index < -0.39 is 6.10 Å². The molecule has 4 nitrogen and oxygen atoms in total. The van der Waals surface area contributed by atoms with Crippen molar-refractivity contribution in [1.29, 1.82) is 0 Å². The zero-order valence-electron chi connectivity index (χ0n) is 8.03. The molecule has 4 N–H and O–H groups in total. The summed E-state index contributed by atoms with van der Waals surface area (Å²) in [5.74, 6) is 0.617. The monoisotopic (exact) mass is 196 g/mol. The highest BCUT2D eigenvalue weighted by Gasteiger charge is 2.24. The van der Waals surface area contributed by atoms with Gasteiger partial charge in [0.25, 0.3) is 0 Å². The van der Waals surface area contributed by atoms with Crippen LogP contribution in [0.25, 0.3) is 0 Å². The molecule has 0 spiro atoms. The Bertz CT molecular complexity index is 351. The summed E-state index contributed by atoms with van der Waals surface area (Å²) in [5, 5.41) is 21.4. The number of quaternary nitrogens is 1.